The van der Waals surface area contributed by atoms with Crippen LogP contribution in [0.1, 0.15) is 23.5 Å². The lowest BCUT2D eigenvalue weighted by Gasteiger charge is -2.11. The second-order valence-corrected chi connectivity index (χ2v) is 6.26. The molecular formula is C19H17F2NO4. The molecule has 5 nitrogen and oxygen atoms in total. The first kappa shape index (κ1) is 17.8. The number of aryl methyl sites for hydroxylation is 1. The Kier molecular flexibility index (Phi) is 4.88. The summed E-state index contributed by atoms with van der Waals surface area (Å²) < 4.78 is 32.2. The van der Waals surface area contributed by atoms with Gasteiger partial charge in [0.2, 0.25) is 5.91 Å². The van der Waals surface area contributed by atoms with Crippen LogP contribution in [0.4, 0.5) is 14.5 Å². The second kappa shape index (κ2) is 7.11. The third-order valence-electron chi connectivity index (χ3n) is 4.30. The Morgan fingerprint density at radius 2 is 2.00 bits per heavy atom. The van der Waals surface area contributed by atoms with Crippen molar-refractivity contribution < 1.29 is 28.2 Å². The molecule has 0 aliphatic heterocycles. The zero-order valence-corrected chi connectivity index (χ0v) is 14.0. The van der Waals surface area contributed by atoms with E-state index < -0.39 is 30.1 Å². The Balaban J connectivity index is 1.64. The van der Waals surface area contributed by atoms with Crippen molar-refractivity contribution in [3.05, 3.63) is 59.2 Å². The maximum absolute atomic E-state index is 13.8. The van der Waals surface area contributed by atoms with Crippen molar-refractivity contribution >= 4 is 17.6 Å². The zero-order chi connectivity index (χ0) is 18.8. The number of hydrogen-bond donors (Lipinski definition) is 2. The number of carboxylic acids is 1. The highest BCUT2D eigenvalue weighted by Gasteiger charge is 2.45. The van der Waals surface area contributed by atoms with Crippen LogP contribution in [-0.2, 0) is 9.59 Å². The molecule has 26 heavy (non-hydrogen) atoms. The van der Waals surface area contributed by atoms with Gasteiger partial charge in [0.1, 0.15) is 17.4 Å². The van der Waals surface area contributed by atoms with Crippen LogP contribution >= 0.6 is 0 Å². The number of nitrogens with one attached hydrogen (secondary N) is 1. The van der Waals surface area contributed by atoms with Gasteiger partial charge >= 0.3 is 5.97 Å². The van der Waals surface area contributed by atoms with Crippen LogP contribution in [0.5, 0.6) is 5.75 Å². The van der Waals surface area contributed by atoms with Crippen LogP contribution in [0.2, 0.25) is 0 Å². The van der Waals surface area contributed by atoms with Crippen LogP contribution in [0.15, 0.2) is 36.4 Å². The lowest BCUT2D eigenvalue weighted by molar-refractivity contribution is -0.139. The maximum atomic E-state index is 13.8. The van der Waals surface area contributed by atoms with Crippen LogP contribution in [0.25, 0.3) is 0 Å². The second-order valence-electron chi connectivity index (χ2n) is 6.26. The molecule has 1 aliphatic carbocycles. The lowest BCUT2D eigenvalue weighted by atomic mass is 10.1. The molecule has 3 rings (SSSR count). The van der Waals surface area contributed by atoms with Gasteiger partial charge in [-0.1, -0.05) is 0 Å². The predicted octanol–water partition coefficient (Wildman–Crippen LogP) is 3.48. The van der Waals surface area contributed by atoms with Gasteiger partial charge in [0, 0.05) is 11.6 Å². The molecule has 0 saturated heterocycles. The van der Waals surface area contributed by atoms with Crippen LogP contribution in [0, 0.1) is 24.5 Å². The Morgan fingerprint density at radius 1 is 1.23 bits per heavy atom. The zero-order valence-electron chi connectivity index (χ0n) is 14.0. The van der Waals surface area contributed by atoms with Gasteiger partial charge in [-0.25, -0.2) is 13.6 Å². The van der Waals surface area contributed by atoms with Crippen LogP contribution < -0.4 is 10.1 Å². The third-order valence-corrected chi connectivity index (χ3v) is 4.30. The number of carbonyl (C=O) groups is 2. The summed E-state index contributed by atoms with van der Waals surface area (Å²) in [6, 6.07) is 8.04. The summed E-state index contributed by atoms with van der Waals surface area (Å²) in [5.74, 6) is -2.74. The number of halogens is 2. The first-order chi connectivity index (χ1) is 12.3. The minimum atomic E-state index is -1.08. The minimum absolute atomic E-state index is 0.222. The molecule has 0 bridgehead atoms. The highest BCUT2D eigenvalue weighted by molar-refractivity contribution is 5.96. The molecule has 1 amide bonds. The van der Waals surface area contributed by atoms with Gasteiger partial charge in [-0.2, -0.15) is 0 Å². The van der Waals surface area contributed by atoms with E-state index >= 15 is 0 Å². The van der Waals surface area contributed by atoms with E-state index in [0.717, 1.165) is 18.2 Å². The standard InChI is InChI=1S/C19H17F2NO4/c1-10-6-12(26-9-18(23)24)3-5-17(10)22-19(25)15-8-13(15)14-7-11(20)2-4-16(14)21/h2-7,13,15H,8-9H2,1H3,(H,22,25)(H,23,24). The minimum Gasteiger partial charge on any atom is -0.482 e. The third kappa shape index (κ3) is 3.99. The number of aliphatic carboxylic acids is 1. The Morgan fingerprint density at radius 3 is 2.69 bits per heavy atom. The molecule has 136 valence electrons. The van der Waals surface area contributed by atoms with Crippen molar-refractivity contribution in [2.75, 3.05) is 11.9 Å². The van der Waals surface area contributed by atoms with Crippen molar-refractivity contribution in [1.82, 2.24) is 0 Å². The summed E-state index contributed by atoms with van der Waals surface area (Å²) in [5, 5.41) is 11.4. The number of carbonyl (C=O) groups excluding carboxylic acids is 1. The summed E-state index contributed by atoms with van der Waals surface area (Å²) in [6.07, 6.45) is 0.463. The van der Waals surface area contributed by atoms with Gasteiger partial charge < -0.3 is 15.2 Å². The average molecular weight is 361 g/mol. The summed E-state index contributed by atoms with van der Waals surface area (Å²) in [5.41, 5.74) is 1.48. The van der Waals surface area contributed by atoms with E-state index in [-0.39, 0.29) is 17.4 Å². The van der Waals surface area contributed by atoms with Gasteiger partial charge in [-0.15, -0.1) is 0 Å². The Labute approximate surface area is 148 Å². The van der Waals surface area contributed by atoms with Gasteiger partial charge in [-0.3, -0.25) is 4.79 Å². The van der Waals surface area contributed by atoms with Crippen LogP contribution in [-0.4, -0.2) is 23.6 Å². The fourth-order valence-electron chi connectivity index (χ4n) is 2.86. The fourth-order valence-corrected chi connectivity index (χ4v) is 2.86. The summed E-state index contributed by atoms with van der Waals surface area (Å²) in [4.78, 5) is 22.9. The van der Waals surface area contributed by atoms with Gasteiger partial charge in [0.15, 0.2) is 6.61 Å². The Bertz CT molecular complexity index is 869. The number of benzene rings is 2. The molecule has 2 aromatic rings. The molecular weight excluding hydrogens is 344 g/mol. The van der Waals surface area contributed by atoms with Crippen molar-refractivity contribution in [3.63, 3.8) is 0 Å². The number of anilines is 1. The highest BCUT2D eigenvalue weighted by atomic mass is 19.1. The van der Waals surface area contributed by atoms with Crippen molar-refractivity contribution in [3.8, 4) is 5.75 Å². The lowest BCUT2D eigenvalue weighted by Crippen LogP contribution is -2.15. The molecule has 2 N–H and O–H groups in total. The molecule has 7 heteroatoms. The first-order valence-electron chi connectivity index (χ1n) is 8.06. The molecule has 0 radical (unpaired) electrons. The number of ether oxygens (including phenoxy) is 1. The number of rotatable bonds is 6. The first-order valence-corrected chi connectivity index (χ1v) is 8.06. The topological polar surface area (TPSA) is 75.6 Å². The van der Waals surface area contributed by atoms with Gasteiger partial charge in [-0.05, 0) is 66.8 Å². The molecule has 1 fully saturated rings. The van der Waals surface area contributed by atoms with Gasteiger partial charge in [0.05, 0.1) is 0 Å². The summed E-state index contributed by atoms with van der Waals surface area (Å²) >= 11 is 0. The van der Waals surface area contributed by atoms with E-state index in [1.165, 1.54) is 0 Å². The van der Waals surface area contributed by atoms with E-state index in [0.29, 0.717) is 23.4 Å². The average Bonchev–Trinajstić information content (AvgIpc) is 3.38. The Hall–Kier alpha value is -2.96. The predicted molar refractivity (Wildman–Crippen MR) is 90.1 cm³/mol. The molecule has 2 atom stereocenters. The summed E-state index contributed by atoms with van der Waals surface area (Å²) in [7, 11) is 0. The van der Waals surface area contributed by atoms with Crippen molar-refractivity contribution in [1.29, 1.82) is 0 Å². The highest BCUT2D eigenvalue weighted by Crippen LogP contribution is 2.49. The molecule has 1 saturated carbocycles. The number of amides is 1. The number of hydrogen-bond acceptors (Lipinski definition) is 3. The molecule has 2 aromatic carbocycles. The monoisotopic (exact) mass is 361 g/mol. The molecule has 1 aliphatic rings. The largest absolute Gasteiger partial charge is 0.482 e. The van der Waals surface area contributed by atoms with E-state index in [9.17, 15) is 18.4 Å². The summed E-state index contributed by atoms with van der Waals surface area (Å²) in [6.45, 7) is 1.30. The SMILES string of the molecule is Cc1cc(OCC(=O)O)ccc1NC(=O)C1CC1c1cc(F)ccc1F. The van der Waals surface area contributed by atoms with Crippen molar-refractivity contribution in [2.24, 2.45) is 5.92 Å². The normalized spacial score (nSPS) is 18.3. The fraction of sp³-hybridized carbons (Fsp3) is 0.263. The van der Waals surface area contributed by atoms with Crippen LogP contribution in [0.3, 0.4) is 0 Å². The smallest absolute Gasteiger partial charge is 0.341 e. The molecule has 0 spiro atoms. The quantitative estimate of drug-likeness (QED) is 0.826. The maximum Gasteiger partial charge on any atom is 0.341 e. The molecule has 2 unspecified atom stereocenters. The van der Waals surface area contributed by atoms with Gasteiger partial charge in [0.25, 0.3) is 0 Å². The van der Waals surface area contributed by atoms with E-state index in [2.05, 4.69) is 5.32 Å². The van der Waals surface area contributed by atoms with E-state index in [4.69, 9.17) is 9.84 Å². The van der Waals surface area contributed by atoms with E-state index in [1.54, 1.807) is 25.1 Å². The molecule has 0 aromatic heterocycles. The molecule has 0 heterocycles. The number of carboxylic acid groups (broad SMARTS) is 1. The van der Waals surface area contributed by atoms with E-state index in [1.807, 2.05) is 0 Å². The van der Waals surface area contributed by atoms with Crippen molar-refractivity contribution in [2.45, 2.75) is 19.3 Å².